The lowest BCUT2D eigenvalue weighted by Gasteiger charge is -2.17. The molecule has 1 aliphatic heterocycles. The highest BCUT2D eigenvalue weighted by Gasteiger charge is 2.51. The van der Waals surface area contributed by atoms with Gasteiger partial charge in [-0.2, -0.15) is 0 Å². The number of ether oxygens (including phenoxy) is 2. The monoisotopic (exact) mass is 343 g/mol. The number of halogens is 1. The molecular weight excluding hydrogens is 326 g/mol. The van der Waals surface area contributed by atoms with Crippen molar-refractivity contribution in [3.05, 3.63) is 53.1 Å². The summed E-state index contributed by atoms with van der Waals surface area (Å²) >= 11 is 5.95. The normalized spacial score (nSPS) is 17.7. The van der Waals surface area contributed by atoms with Crippen molar-refractivity contribution in [1.82, 2.24) is 0 Å². The molecule has 1 heterocycles. The Morgan fingerprint density at radius 3 is 2.42 bits per heavy atom. The predicted molar refractivity (Wildman–Crippen MR) is 93.0 cm³/mol. The maximum atomic E-state index is 12.8. The van der Waals surface area contributed by atoms with Gasteiger partial charge in [0.2, 0.25) is 5.91 Å². The van der Waals surface area contributed by atoms with E-state index in [0.717, 1.165) is 36.3 Å². The summed E-state index contributed by atoms with van der Waals surface area (Å²) in [6.07, 6.45) is 2.56. The van der Waals surface area contributed by atoms with E-state index in [4.69, 9.17) is 21.1 Å². The van der Waals surface area contributed by atoms with Gasteiger partial charge in [-0.25, -0.2) is 0 Å². The predicted octanol–water partition coefficient (Wildman–Crippen LogP) is 4.17. The Morgan fingerprint density at radius 1 is 1.00 bits per heavy atom. The molecular formula is C19H18ClNO3. The summed E-state index contributed by atoms with van der Waals surface area (Å²) < 4.78 is 11.3. The lowest BCUT2D eigenvalue weighted by molar-refractivity contribution is -0.118. The first kappa shape index (κ1) is 15.3. The van der Waals surface area contributed by atoms with Gasteiger partial charge in [-0.15, -0.1) is 0 Å². The molecule has 2 aromatic rings. The Morgan fingerprint density at radius 2 is 1.71 bits per heavy atom. The van der Waals surface area contributed by atoms with E-state index in [1.807, 2.05) is 42.5 Å². The molecule has 1 saturated carbocycles. The van der Waals surface area contributed by atoms with E-state index in [-0.39, 0.29) is 5.91 Å². The van der Waals surface area contributed by atoms with Crippen LogP contribution in [-0.2, 0) is 10.2 Å². The van der Waals surface area contributed by atoms with Gasteiger partial charge in [0.25, 0.3) is 0 Å². The molecule has 1 aliphatic carbocycles. The van der Waals surface area contributed by atoms with Crippen LogP contribution in [0.4, 0.5) is 5.69 Å². The van der Waals surface area contributed by atoms with Gasteiger partial charge in [0.1, 0.15) is 0 Å². The van der Waals surface area contributed by atoms with Crippen LogP contribution in [0.3, 0.4) is 0 Å². The second-order valence-electron chi connectivity index (χ2n) is 6.26. The van der Waals surface area contributed by atoms with Gasteiger partial charge in [0.15, 0.2) is 11.5 Å². The highest BCUT2D eigenvalue weighted by molar-refractivity contribution is 6.30. The Labute approximate surface area is 145 Å². The van der Waals surface area contributed by atoms with E-state index in [9.17, 15) is 4.79 Å². The average Bonchev–Trinajstić information content (AvgIpc) is 3.40. The standard InChI is InChI=1S/C19H18ClNO3/c20-14-4-2-13(3-5-14)19(8-9-19)18(22)21-15-6-7-16-17(12-15)24-11-1-10-23-16/h2-7,12H,1,8-11H2,(H,21,22). The first-order chi connectivity index (χ1) is 11.7. The van der Waals surface area contributed by atoms with Gasteiger partial charge < -0.3 is 14.8 Å². The average molecular weight is 344 g/mol. The molecule has 1 fully saturated rings. The Bertz CT molecular complexity index is 769. The summed E-state index contributed by atoms with van der Waals surface area (Å²) in [4.78, 5) is 12.8. The molecule has 4 rings (SSSR count). The third-order valence-corrected chi connectivity index (χ3v) is 4.84. The highest BCUT2D eigenvalue weighted by atomic mass is 35.5. The number of anilines is 1. The molecule has 2 aromatic carbocycles. The molecule has 24 heavy (non-hydrogen) atoms. The number of benzene rings is 2. The van der Waals surface area contributed by atoms with Crippen molar-refractivity contribution in [3.63, 3.8) is 0 Å². The smallest absolute Gasteiger partial charge is 0.235 e. The van der Waals surface area contributed by atoms with Crippen molar-refractivity contribution in [2.24, 2.45) is 0 Å². The van der Waals surface area contributed by atoms with Gasteiger partial charge in [0.05, 0.1) is 18.6 Å². The molecule has 1 amide bonds. The lowest BCUT2D eigenvalue weighted by Crippen LogP contribution is -2.27. The van der Waals surface area contributed by atoms with Crippen molar-refractivity contribution in [2.45, 2.75) is 24.7 Å². The lowest BCUT2D eigenvalue weighted by atomic mass is 9.95. The van der Waals surface area contributed by atoms with Crippen LogP contribution in [0.1, 0.15) is 24.8 Å². The molecule has 0 aromatic heterocycles. The van der Waals surface area contributed by atoms with Crippen LogP contribution in [0.5, 0.6) is 11.5 Å². The number of fused-ring (bicyclic) bond motifs is 1. The SMILES string of the molecule is O=C(Nc1ccc2c(c1)OCCCO2)C1(c2ccc(Cl)cc2)CC1. The quantitative estimate of drug-likeness (QED) is 0.909. The number of amides is 1. The van der Waals surface area contributed by atoms with Crippen LogP contribution in [0, 0.1) is 0 Å². The fourth-order valence-electron chi connectivity index (χ4n) is 3.03. The van der Waals surface area contributed by atoms with E-state index in [1.165, 1.54) is 0 Å². The zero-order chi connectivity index (χ0) is 16.6. The van der Waals surface area contributed by atoms with E-state index >= 15 is 0 Å². The summed E-state index contributed by atoms with van der Waals surface area (Å²) in [6, 6.07) is 13.1. The first-order valence-corrected chi connectivity index (χ1v) is 8.52. The zero-order valence-electron chi connectivity index (χ0n) is 13.2. The Balaban J connectivity index is 1.54. The van der Waals surface area contributed by atoms with E-state index in [0.29, 0.717) is 24.0 Å². The number of hydrogen-bond acceptors (Lipinski definition) is 3. The fraction of sp³-hybridized carbons (Fsp3) is 0.316. The van der Waals surface area contributed by atoms with Crippen LogP contribution in [0.2, 0.25) is 5.02 Å². The number of rotatable bonds is 3. The maximum Gasteiger partial charge on any atom is 0.235 e. The van der Waals surface area contributed by atoms with Gasteiger partial charge in [-0.3, -0.25) is 4.79 Å². The third kappa shape index (κ3) is 2.82. The van der Waals surface area contributed by atoms with Crippen molar-refractivity contribution in [3.8, 4) is 11.5 Å². The molecule has 0 atom stereocenters. The summed E-state index contributed by atoms with van der Waals surface area (Å²) in [5, 5.41) is 3.70. The summed E-state index contributed by atoms with van der Waals surface area (Å²) in [5.74, 6) is 1.42. The van der Waals surface area contributed by atoms with Crippen LogP contribution >= 0.6 is 11.6 Å². The summed E-state index contributed by atoms with van der Waals surface area (Å²) in [6.45, 7) is 1.28. The largest absolute Gasteiger partial charge is 0.490 e. The van der Waals surface area contributed by atoms with Crippen molar-refractivity contribution < 1.29 is 14.3 Å². The number of nitrogens with one attached hydrogen (secondary N) is 1. The van der Waals surface area contributed by atoms with Crippen LogP contribution < -0.4 is 14.8 Å². The minimum Gasteiger partial charge on any atom is -0.490 e. The van der Waals surface area contributed by atoms with E-state index in [2.05, 4.69) is 5.32 Å². The van der Waals surface area contributed by atoms with Crippen molar-refractivity contribution >= 4 is 23.2 Å². The summed E-state index contributed by atoms with van der Waals surface area (Å²) in [7, 11) is 0. The topological polar surface area (TPSA) is 47.6 Å². The Kier molecular flexibility index (Phi) is 3.85. The van der Waals surface area contributed by atoms with E-state index in [1.54, 1.807) is 0 Å². The maximum absolute atomic E-state index is 12.8. The van der Waals surface area contributed by atoms with Crippen LogP contribution in [0.15, 0.2) is 42.5 Å². The van der Waals surface area contributed by atoms with Gasteiger partial charge in [-0.05, 0) is 42.7 Å². The number of hydrogen-bond donors (Lipinski definition) is 1. The van der Waals surface area contributed by atoms with E-state index < -0.39 is 5.41 Å². The minimum atomic E-state index is -0.436. The van der Waals surface area contributed by atoms with Gasteiger partial charge in [0, 0.05) is 23.2 Å². The molecule has 0 bridgehead atoms. The molecule has 5 heteroatoms. The number of carbonyl (C=O) groups is 1. The van der Waals surface area contributed by atoms with Crippen LogP contribution in [-0.4, -0.2) is 19.1 Å². The van der Waals surface area contributed by atoms with Crippen LogP contribution in [0.25, 0.3) is 0 Å². The van der Waals surface area contributed by atoms with Gasteiger partial charge >= 0.3 is 0 Å². The number of carbonyl (C=O) groups excluding carboxylic acids is 1. The second kappa shape index (κ2) is 6.02. The van der Waals surface area contributed by atoms with Crippen molar-refractivity contribution in [1.29, 1.82) is 0 Å². The van der Waals surface area contributed by atoms with Crippen molar-refractivity contribution in [2.75, 3.05) is 18.5 Å². The minimum absolute atomic E-state index is 0.0133. The zero-order valence-corrected chi connectivity index (χ0v) is 13.9. The Hall–Kier alpha value is -2.20. The fourth-order valence-corrected chi connectivity index (χ4v) is 3.16. The molecule has 2 aliphatic rings. The molecule has 0 unspecified atom stereocenters. The highest BCUT2D eigenvalue weighted by Crippen LogP contribution is 2.49. The molecule has 0 saturated heterocycles. The molecule has 124 valence electrons. The molecule has 0 spiro atoms. The molecule has 0 radical (unpaired) electrons. The third-order valence-electron chi connectivity index (χ3n) is 4.59. The molecule has 4 nitrogen and oxygen atoms in total. The molecule has 1 N–H and O–H groups in total. The van der Waals surface area contributed by atoms with Gasteiger partial charge in [-0.1, -0.05) is 23.7 Å². The second-order valence-corrected chi connectivity index (χ2v) is 6.69. The summed E-state index contributed by atoms with van der Waals surface area (Å²) in [5.41, 5.74) is 1.30. The first-order valence-electron chi connectivity index (χ1n) is 8.15.